The van der Waals surface area contributed by atoms with E-state index in [2.05, 4.69) is 15.0 Å². The predicted octanol–water partition coefficient (Wildman–Crippen LogP) is 3.37. The summed E-state index contributed by atoms with van der Waals surface area (Å²) in [7, 11) is -5.13. The van der Waals surface area contributed by atoms with Gasteiger partial charge >= 0.3 is 0 Å². The molecule has 6 nitrogen and oxygen atoms in total. The maximum atomic E-state index is 13.2. The Morgan fingerprint density at radius 2 is 2.27 bits per heavy atom. The van der Waals surface area contributed by atoms with Crippen molar-refractivity contribution in [1.82, 2.24) is 19.5 Å². The Labute approximate surface area is 171 Å². The minimum Gasteiger partial charge on any atom is -0.496 e. The zero-order valence-electron chi connectivity index (χ0n) is 25.9. The quantitative estimate of drug-likeness (QED) is 0.577. The van der Waals surface area contributed by atoms with Crippen LogP contribution >= 0.6 is 0 Å². The normalized spacial score (nSPS) is 20.5. The standard InChI is InChI=1S/C19H18N4O2S/c1-13-17(20-8-7-18(13)25-2)12-26(24)19-21-15-6-5-14(11-16(15)22-19)23-9-3-4-10-23/h3-11H,12H2,1-2H3,(H,21,22)/i1D3,2D3,3D,4D,5D,6D,9D,10D,11D. The van der Waals surface area contributed by atoms with Crippen molar-refractivity contribution in [1.29, 1.82) is 0 Å². The lowest BCUT2D eigenvalue weighted by Gasteiger charge is -2.08. The van der Waals surface area contributed by atoms with Gasteiger partial charge in [-0.1, -0.05) is 0 Å². The number of imidazole rings is 1. The molecule has 26 heavy (non-hydrogen) atoms. The van der Waals surface area contributed by atoms with Gasteiger partial charge < -0.3 is 14.3 Å². The SMILES string of the molecule is [2H]c1c(-n2c([2H])c([2H])c([2H])c2[2H])c([2H])c2[nH]c(S(=O)Cc3nccc(OC([2H])([2H])[2H])c3C([2H])([2H])[2H])nc2c1[2H]. The molecular weight excluding hydrogens is 348 g/mol. The monoisotopic (exact) mass is 379 g/mol. The molecule has 1 atom stereocenters. The van der Waals surface area contributed by atoms with E-state index in [1.165, 1.54) is 0 Å². The molecule has 3 aromatic heterocycles. The highest BCUT2D eigenvalue weighted by atomic mass is 32.2. The number of ether oxygens (including phenoxy) is 1. The van der Waals surface area contributed by atoms with Crippen molar-refractivity contribution < 1.29 is 26.8 Å². The minimum absolute atomic E-state index is 0.177. The molecule has 7 heteroatoms. The smallest absolute Gasteiger partial charge is 0.197 e. The van der Waals surface area contributed by atoms with E-state index < -0.39 is 90.0 Å². The fraction of sp³-hybridized carbons (Fsp3) is 0.158. The van der Waals surface area contributed by atoms with Gasteiger partial charge in [-0.15, -0.1) is 0 Å². The number of rotatable bonds is 5. The molecular formula is C19H18N4O2S. The van der Waals surface area contributed by atoms with Gasteiger partial charge in [-0.05, 0) is 43.1 Å². The molecule has 1 aromatic carbocycles. The van der Waals surface area contributed by atoms with Gasteiger partial charge in [-0.2, -0.15) is 0 Å². The molecule has 0 saturated carbocycles. The van der Waals surface area contributed by atoms with Crippen molar-refractivity contribution in [2.75, 3.05) is 7.04 Å². The minimum atomic E-state index is -2.96. The van der Waals surface area contributed by atoms with Crippen molar-refractivity contribution in [3.8, 4) is 11.4 Å². The number of aromatic amines is 1. The van der Waals surface area contributed by atoms with Crippen LogP contribution in [-0.4, -0.2) is 30.8 Å². The highest BCUT2D eigenvalue weighted by Crippen LogP contribution is 2.22. The summed E-state index contributed by atoms with van der Waals surface area (Å²) in [5.41, 5.74) is -1.65. The lowest BCUT2D eigenvalue weighted by molar-refractivity contribution is 0.410. The van der Waals surface area contributed by atoms with Crippen LogP contribution in [0.25, 0.3) is 16.7 Å². The summed E-state index contributed by atoms with van der Waals surface area (Å²) >= 11 is 0. The molecule has 0 bridgehead atoms. The number of hydrogen-bond donors (Lipinski definition) is 1. The van der Waals surface area contributed by atoms with Gasteiger partial charge in [0, 0.05) is 33.9 Å². The van der Waals surface area contributed by atoms with Crippen molar-refractivity contribution >= 4 is 21.8 Å². The highest BCUT2D eigenvalue weighted by Gasteiger charge is 2.15. The molecule has 3 heterocycles. The third-order valence-electron chi connectivity index (χ3n) is 3.43. The van der Waals surface area contributed by atoms with E-state index in [1.54, 1.807) is 0 Å². The zero-order chi connectivity index (χ0) is 29.2. The van der Waals surface area contributed by atoms with E-state index in [0.29, 0.717) is 4.57 Å². The zero-order valence-corrected chi connectivity index (χ0v) is 13.7. The number of nitrogens with one attached hydrogen (secondary N) is 1. The molecule has 0 saturated heterocycles. The average Bonchev–Trinajstić information content (AvgIpc) is 3.34. The summed E-state index contributed by atoms with van der Waals surface area (Å²) in [6.45, 7) is -2.88. The molecule has 1 N–H and O–H groups in total. The van der Waals surface area contributed by atoms with Crippen LogP contribution in [0.1, 0.15) is 29.1 Å². The van der Waals surface area contributed by atoms with E-state index in [9.17, 15) is 4.21 Å². The third-order valence-corrected chi connectivity index (χ3v) is 4.59. The fourth-order valence-electron chi connectivity index (χ4n) is 2.20. The average molecular weight is 380 g/mol. The second kappa shape index (κ2) is 6.76. The van der Waals surface area contributed by atoms with E-state index >= 15 is 0 Å². The molecule has 132 valence electrons. The van der Waals surface area contributed by atoms with Gasteiger partial charge in [0.15, 0.2) is 5.16 Å². The number of aromatic nitrogens is 4. The van der Waals surface area contributed by atoms with Gasteiger partial charge in [0.05, 0.1) is 54.0 Å². The number of H-pyrrole nitrogens is 1. The van der Waals surface area contributed by atoms with E-state index in [-0.39, 0.29) is 21.9 Å². The van der Waals surface area contributed by atoms with Gasteiger partial charge in [-0.25, -0.2) is 4.98 Å². The van der Waals surface area contributed by atoms with Crippen LogP contribution in [0.5, 0.6) is 5.75 Å². The summed E-state index contributed by atoms with van der Waals surface area (Å²) in [5, 5.41) is -0.309. The Balaban J connectivity index is 1.82. The summed E-state index contributed by atoms with van der Waals surface area (Å²) in [4.78, 5) is 10.6. The summed E-state index contributed by atoms with van der Waals surface area (Å²) in [6, 6.07) is -1.80. The largest absolute Gasteiger partial charge is 0.496 e. The Kier molecular flexibility index (Phi) is 1.91. The van der Waals surface area contributed by atoms with Crippen molar-refractivity contribution in [3.63, 3.8) is 0 Å². The number of fused-ring (bicyclic) bond motifs is 1. The van der Waals surface area contributed by atoms with Crippen LogP contribution in [-0.2, 0) is 16.6 Å². The van der Waals surface area contributed by atoms with Gasteiger partial charge in [-0.3, -0.25) is 9.19 Å². The Morgan fingerprint density at radius 3 is 3.08 bits per heavy atom. The first kappa shape index (κ1) is 7.36. The van der Waals surface area contributed by atoms with Crippen LogP contribution in [0.3, 0.4) is 0 Å². The van der Waals surface area contributed by atoms with Crippen molar-refractivity contribution in [2.45, 2.75) is 17.8 Å². The fourth-order valence-corrected chi connectivity index (χ4v) is 3.21. The number of hydrogen-bond acceptors (Lipinski definition) is 4. The molecule has 0 radical (unpaired) electrons. The van der Waals surface area contributed by atoms with Gasteiger partial charge in [0.1, 0.15) is 5.75 Å². The van der Waals surface area contributed by atoms with Crippen LogP contribution in [0, 0.1) is 6.85 Å². The van der Waals surface area contributed by atoms with Gasteiger partial charge in [0.25, 0.3) is 0 Å². The molecule has 0 fully saturated rings. The van der Waals surface area contributed by atoms with E-state index in [4.69, 9.17) is 22.6 Å². The van der Waals surface area contributed by atoms with E-state index in [1.807, 2.05) is 0 Å². The first-order chi connectivity index (χ1) is 17.9. The number of nitrogens with zero attached hydrogens (tertiary/aromatic N) is 3. The molecule has 4 aromatic rings. The molecule has 0 aliphatic carbocycles. The second-order valence-electron chi connectivity index (χ2n) is 5.02. The van der Waals surface area contributed by atoms with Crippen molar-refractivity contribution in [2.24, 2.45) is 0 Å². The van der Waals surface area contributed by atoms with Crippen LogP contribution in [0.4, 0.5) is 0 Å². The van der Waals surface area contributed by atoms with Crippen LogP contribution in [0.2, 0.25) is 0 Å². The highest BCUT2D eigenvalue weighted by molar-refractivity contribution is 7.84. The Hall–Kier alpha value is -2.93. The van der Waals surface area contributed by atoms with Crippen molar-refractivity contribution in [3.05, 3.63) is 66.1 Å². The topological polar surface area (TPSA) is 72.8 Å². The Bertz CT molecular complexity index is 1620. The second-order valence-corrected chi connectivity index (χ2v) is 6.39. The maximum absolute atomic E-state index is 13.2. The van der Waals surface area contributed by atoms with Crippen LogP contribution in [0.15, 0.2) is 60.0 Å². The first-order valence-corrected chi connectivity index (χ1v) is 8.46. The molecule has 1 unspecified atom stereocenters. The molecule has 0 aliphatic rings. The summed E-state index contributed by atoms with van der Waals surface area (Å²) < 4.78 is 121. The van der Waals surface area contributed by atoms with Crippen LogP contribution < -0.4 is 4.74 Å². The number of methoxy groups -OCH3 is 1. The summed E-state index contributed by atoms with van der Waals surface area (Å²) in [6.07, 6.45) is -0.160. The molecule has 0 aliphatic heterocycles. The Morgan fingerprint density at radius 1 is 1.38 bits per heavy atom. The molecule has 4 rings (SSSR count). The number of pyridine rings is 1. The van der Waals surface area contributed by atoms with Gasteiger partial charge in [0.2, 0.25) is 0 Å². The number of benzene rings is 1. The third kappa shape index (κ3) is 3.01. The van der Waals surface area contributed by atoms with E-state index in [0.717, 1.165) is 12.3 Å². The lowest BCUT2D eigenvalue weighted by Crippen LogP contribution is -2.03. The summed E-state index contributed by atoms with van der Waals surface area (Å²) in [5.74, 6) is -1.05. The first-order valence-electron chi connectivity index (χ1n) is 13.6. The molecule has 0 amide bonds. The maximum Gasteiger partial charge on any atom is 0.197 e. The predicted molar refractivity (Wildman–Crippen MR) is 101 cm³/mol. The molecule has 0 spiro atoms. The lowest BCUT2D eigenvalue weighted by atomic mass is 10.2.